The Morgan fingerprint density at radius 1 is 1.06 bits per heavy atom. The van der Waals surface area contributed by atoms with Crippen molar-refractivity contribution in [2.24, 2.45) is 0 Å². The lowest BCUT2D eigenvalue weighted by molar-refractivity contribution is -0.124. The molecule has 3 aromatic rings. The SMILES string of the molecule is Cc1cccc(C)c1N(C(=O)c1csnn1)[C@H](C(=O)NC(C)(C)C)c1ccccc1F. The molecular formula is C23H25FN4O2S. The van der Waals surface area contributed by atoms with Crippen molar-refractivity contribution < 1.29 is 14.0 Å². The number of benzene rings is 2. The topological polar surface area (TPSA) is 75.2 Å². The van der Waals surface area contributed by atoms with Gasteiger partial charge in [0.15, 0.2) is 5.69 Å². The molecular weight excluding hydrogens is 415 g/mol. The number of halogens is 1. The van der Waals surface area contributed by atoms with E-state index in [0.717, 1.165) is 22.7 Å². The molecule has 0 saturated heterocycles. The summed E-state index contributed by atoms with van der Waals surface area (Å²) in [6.07, 6.45) is 0. The van der Waals surface area contributed by atoms with E-state index in [0.29, 0.717) is 5.69 Å². The van der Waals surface area contributed by atoms with Crippen molar-refractivity contribution in [3.05, 3.63) is 76.0 Å². The maximum Gasteiger partial charge on any atom is 0.280 e. The number of carbonyl (C=O) groups excluding carboxylic acids is 2. The Morgan fingerprint density at radius 2 is 1.71 bits per heavy atom. The van der Waals surface area contributed by atoms with Gasteiger partial charge in [0.2, 0.25) is 5.91 Å². The molecule has 0 aliphatic carbocycles. The molecule has 2 aromatic carbocycles. The number of hydrogen-bond acceptors (Lipinski definition) is 5. The number of hydrogen-bond donors (Lipinski definition) is 1. The summed E-state index contributed by atoms with van der Waals surface area (Å²) in [6, 6.07) is 10.3. The van der Waals surface area contributed by atoms with Crippen LogP contribution < -0.4 is 10.2 Å². The van der Waals surface area contributed by atoms with Gasteiger partial charge >= 0.3 is 0 Å². The Morgan fingerprint density at radius 3 is 2.26 bits per heavy atom. The van der Waals surface area contributed by atoms with Crippen molar-refractivity contribution in [2.75, 3.05) is 4.90 Å². The fraction of sp³-hybridized carbons (Fsp3) is 0.304. The number of para-hydroxylation sites is 1. The van der Waals surface area contributed by atoms with E-state index >= 15 is 0 Å². The molecule has 0 aliphatic heterocycles. The van der Waals surface area contributed by atoms with E-state index in [1.54, 1.807) is 12.1 Å². The molecule has 0 unspecified atom stereocenters. The molecule has 0 spiro atoms. The first-order valence-corrected chi connectivity index (χ1v) is 10.7. The van der Waals surface area contributed by atoms with Crippen molar-refractivity contribution in [1.29, 1.82) is 0 Å². The van der Waals surface area contributed by atoms with E-state index in [9.17, 15) is 14.0 Å². The molecule has 0 fully saturated rings. The predicted molar refractivity (Wildman–Crippen MR) is 120 cm³/mol. The summed E-state index contributed by atoms with van der Waals surface area (Å²) >= 11 is 1.03. The van der Waals surface area contributed by atoms with E-state index in [-0.39, 0.29) is 11.3 Å². The standard InChI is InChI=1S/C23H25FN4O2S/c1-14-9-8-10-15(2)19(14)28(22(30)18-13-31-27-26-18)20(21(29)25-23(3,4)5)16-11-6-7-12-17(16)24/h6-13,20H,1-5H3,(H,25,29)/t20-/m0/s1. The van der Waals surface area contributed by atoms with Gasteiger partial charge in [-0.3, -0.25) is 14.5 Å². The molecule has 8 heteroatoms. The van der Waals surface area contributed by atoms with Crippen LogP contribution in [-0.4, -0.2) is 26.9 Å². The zero-order valence-electron chi connectivity index (χ0n) is 18.1. The molecule has 0 aliphatic rings. The third-order valence-electron chi connectivity index (χ3n) is 4.68. The predicted octanol–water partition coefficient (Wildman–Crippen LogP) is 4.60. The van der Waals surface area contributed by atoms with Gasteiger partial charge < -0.3 is 5.32 Å². The van der Waals surface area contributed by atoms with E-state index in [1.165, 1.54) is 22.4 Å². The van der Waals surface area contributed by atoms with Gasteiger partial charge in [0.05, 0.1) is 5.69 Å². The van der Waals surface area contributed by atoms with Crippen molar-refractivity contribution in [3.63, 3.8) is 0 Å². The fourth-order valence-electron chi connectivity index (χ4n) is 3.45. The molecule has 31 heavy (non-hydrogen) atoms. The number of aryl methyl sites for hydroxylation is 2. The highest BCUT2D eigenvalue weighted by molar-refractivity contribution is 7.03. The summed E-state index contributed by atoms with van der Waals surface area (Å²) in [4.78, 5) is 28.5. The van der Waals surface area contributed by atoms with E-state index in [1.807, 2.05) is 52.8 Å². The Labute approximate surface area is 185 Å². The minimum atomic E-state index is -1.24. The maximum atomic E-state index is 15.0. The van der Waals surface area contributed by atoms with Gasteiger partial charge in [-0.15, -0.1) is 5.10 Å². The summed E-state index contributed by atoms with van der Waals surface area (Å²) in [5.74, 6) is -1.59. The van der Waals surface area contributed by atoms with Crippen molar-refractivity contribution in [3.8, 4) is 0 Å². The number of nitrogens with one attached hydrogen (secondary N) is 1. The number of nitrogens with zero attached hydrogens (tertiary/aromatic N) is 3. The normalized spacial score (nSPS) is 12.3. The Hall–Kier alpha value is -3.13. The molecule has 3 rings (SSSR count). The molecule has 0 bridgehead atoms. The van der Waals surface area contributed by atoms with Crippen LogP contribution in [-0.2, 0) is 4.79 Å². The van der Waals surface area contributed by atoms with Crippen LogP contribution in [0.15, 0.2) is 47.8 Å². The third kappa shape index (κ3) is 4.96. The lowest BCUT2D eigenvalue weighted by atomic mass is 9.98. The van der Waals surface area contributed by atoms with Crippen molar-refractivity contribution >= 4 is 29.0 Å². The zero-order chi connectivity index (χ0) is 22.8. The summed E-state index contributed by atoms with van der Waals surface area (Å²) in [5.41, 5.74) is 1.71. The number of amides is 2. The lowest BCUT2D eigenvalue weighted by Crippen LogP contribution is -2.50. The van der Waals surface area contributed by atoms with Crippen LogP contribution >= 0.6 is 11.5 Å². The van der Waals surface area contributed by atoms with E-state index < -0.39 is 29.2 Å². The number of rotatable bonds is 5. The van der Waals surface area contributed by atoms with Crippen LogP contribution in [0.2, 0.25) is 0 Å². The van der Waals surface area contributed by atoms with Gasteiger partial charge in [-0.05, 0) is 63.3 Å². The monoisotopic (exact) mass is 440 g/mol. The van der Waals surface area contributed by atoms with Crippen molar-refractivity contribution in [1.82, 2.24) is 14.9 Å². The first-order valence-electron chi connectivity index (χ1n) is 9.83. The molecule has 162 valence electrons. The molecule has 0 saturated carbocycles. The highest BCUT2D eigenvalue weighted by Crippen LogP contribution is 2.35. The van der Waals surface area contributed by atoms with Gasteiger partial charge in [-0.2, -0.15) is 0 Å². The second-order valence-electron chi connectivity index (χ2n) is 8.37. The number of aromatic nitrogens is 2. The maximum absolute atomic E-state index is 15.0. The molecule has 2 amide bonds. The lowest BCUT2D eigenvalue weighted by Gasteiger charge is -2.35. The van der Waals surface area contributed by atoms with Gasteiger partial charge in [-0.1, -0.05) is 40.9 Å². The average Bonchev–Trinajstić information content (AvgIpc) is 3.21. The van der Waals surface area contributed by atoms with E-state index in [2.05, 4.69) is 14.9 Å². The van der Waals surface area contributed by atoms with Gasteiger partial charge in [0.25, 0.3) is 5.91 Å². The highest BCUT2D eigenvalue weighted by atomic mass is 32.1. The van der Waals surface area contributed by atoms with Crippen LogP contribution in [0.4, 0.5) is 10.1 Å². The fourth-order valence-corrected chi connectivity index (χ4v) is 3.88. The second-order valence-corrected chi connectivity index (χ2v) is 8.98. The van der Waals surface area contributed by atoms with Crippen LogP contribution in [0.1, 0.15) is 54.0 Å². The molecule has 0 radical (unpaired) electrons. The second kappa shape index (κ2) is 8.93. The smallest absolute Gasteiger partial charge is 0.280 e. The first-order chi connectivity index (χ1) is 14.6. The quantitative estimate of drug-likeness (QED) is 0.629. The van der Waals surface area contributed by atoms with Crippen LogP contribution in [0, 0.1) is 19.7 Å². The van der Waals surface area contributed by atoms with Crippen molar-refractivity contribution in [2.45, 2.75) is 46.2 Å². The highest BCUT2D eigenvalue weighted by Gasteiger charge is 2.38. The third-order valence-corrected chi connectivity index (χ3v) is 5.19. The van der Waals surface area contributed by atoms with Gasteiger partial charge in [0, 0.05) is 16.5 Å². The molecule has 6 nitrogen and oxygen atoms in total. The summed E-state index contributed by atoms with van der Waals surface area (Å²) in [7, 11) is 0. The van der Waals surface area contributed by atoms with Crippen LogP contribution in [0.3, 0.4) is 0 Å². The Bertz CT molecular complexity index is 1070. The molecule has 1 heterocycles. The minimum absolute atomic E-state index is 0.0950. The summed E-state index contributed by atoms with van der Waals surface area (Å²) in [6.45, 7) is 9.19. The zero-order valence-corrected chi connectivity index (χ0v) is 19.0. The molecule has 1 N–H and O–H groups in total. The average molecular weight is 441 g/mol. The van der Waals surface area contributed by atoms with Crippen LogP contribution in [0.5, 0.6) is 0 Å². The Balaban J connectivity index is 2.28. The summed E-state index contributed by atoms with van der Waals surface area (Å²) < 4.78 is 18.8. The molecule has 1 aromatic heterocycles. The van der Waals surface area contributed by atoms with Gasteiger partial charge in [-0.25, -0.2) is 4.39 Å². The molecule has 1 atom stereocenters. The first kappa shape index (κ1) is 22.6. The minimum Gasteiger partial charge on any atom is -0.349 e. The number of anilines is 1. The Kier molecular flexibility index (Phi) is 6.50. The van der Waals surface area contributed by atoms with Gasteiger partial charge in [0.1, 0.15) is 11.9 Å². The number of carbonyl (C=O) groups is 2. The van der Waals surface area contributed by atoms with E-state index in [4.69, 9.17) is 0 Å². The van der Waals surface area contributed by atoms with Crippen LogP contribution in [0.25, 0.3) is 0 Å². The largest absolute Gasteiger partial charge is 0.349 e. The summed E-state index contributed by atoms with van der Waals surface area (Å²) in [5, 5.41) is 8.32.